The molecule has 63 heavy (non-hydrogen) atoms. The standard InChI is InChI=1S/C42H70N8O13/c1-34(51)47(60)29-13-3-9-25-43-36(52)19-22-39(55)48(61)30-14-4-10-26-44-37(53)20-23-40(56)49(62)31-15-5-11-27-45-38(54)21-24-41(57)50(32-16-6-12-28-46-42(58)59)63-33-35-17-7-2-8-18-35/h2,7-8,17-18,46,60-62H,3-6,9-16,19-33H2,1H3,(H,43,52)(H,44,53)(H,45,54)(H,58,59). The first-order chi connectivity index (χ1) is 30.2. The van der Waals surface area contributed by atoms with E-state index in [0.717, 1.165) is 5.56 Å². The summed E-state index contributed by atoms with van der Waals surface area (Å²) in [6.07, 6.45) is 5.42. The highest BCUT2D eigenvalue weighted by atomic mass is 16.7. The average molecular weight is 895 g/mol. The minimum Gasteiger partial charge on any atom is -0.465 e. The fraction of sp³-hybridized carbons (Fsp3) is 0.667. The van der Waals surface area contributed by atoms with E-state index in [1.807, 2.05) is 30.3 Å². The van der Waals surface area contributed by atoms with Crippen molar-refractivity contribution in [2.75, 3.05) is 52.4 Å². The second-order valence-electron chi connectivity index (χ2n) is 15.0. The van der Waals surface area contributed by atoms with Crippen molar-refractivity contribution in [3.63, 3.8) is 0 Å². The molecule has 1 aromatic carbocycles. The van der Waals surface area contributed by atoms with Gasteiger partial charge < -0.3 is 26.4 Å². The van der Waals surface area contributed by atoms with E-state index in [1.54, 1.807) is 0 Å². The number of unbranched alkanes of at least 4 members (excludes halogenated alkanes) is 8. The molecule has 8 N–H and O–H groups in total. The molecule has 21 nitrogen and oxygen atoms in total. The van der Waals surface area contributed by atoms with Gasteiger partial charge in [0.15, 0.2) is 0 Å². The van der Waals surface area contributed by atoms with Gasteiger partial charge in [-0.3, -0.25) is 54.0 Å². The second kappa shape index (κ2) is 35.1. The molecule has 0 aliphatic rings. The van der Waals surface area contributed by atoms with Gasteiger partial charge in [-0.15, -0.1) is 0 Å². The van der Waals surface area contributed by atoms with Gasteiger partial charge in [-0.1, -0.05) is 30.3 Å². The predicted octanol–water partition coefficient (Wildman–Crippen LogP) is 3.26. The fourth-order valence-corrected chi connectivity index (χ4v) is 5.83. The number of carbonyl (C=O) groups excluding carboxylic acids is 7. The van der Waals surface area contributed by atoms with Gasteiger partial charge in [0, 0.05) is 97.8 Å². The number of hydrogen-bond acceptors (Lipinski definition) is 12. The Kier molecular flexibility index (Phi) is 31.0. The summed E-state index contributed by atoms with van der Waals surface area (Å²) >= 11 is 0. The first kappa shape index (κ1) is 55.6. The van der Waals surface area contributed by atoms with E-state index in [4.69, 9.17) is 9.94 Å². The zero-order valence-corrected chi connectivity index (χ0v) is 36.7. The van der Waals surface area contributed by atoms with E-state index in [9.17, 15) is 54.0 Å². The Hall–Kier alpha value is -5.38. The Balaban J connectivity index is 2.12. The Morgan fingerprint density at radius 2 is 0.857 bits per heavy atom. The molecule has 0 aromatic heterocycles. The van der Waals surface area contributed by atoms with Crippen molar-refractivity contribution in [2.24, 2.45) is 0 Å². The highest BCUT2D eigenvalue weighted by Crippen LogP contribution is 2.09. The number of benzene rings is 1. The van der Waals surface area contributed by atoms with Crippen LogP contribution in [-0.4, -0.2) is 141 Å². The Morgan fingerprint density at radius 1 is 0.476 bits per heavy atom. The van der Waals surface area contributed by atoms with Gasteiger partial charge in [0.2, 0.25) is 41.4 Å². The Labute approximate surface area is 369 Å². The lowest BCUT2D eigenvalue weighted by Crippen LogP contribution is -2.33. The highest BCUT2D eigenvalue weighted by molar-refractivity contribution is 5.84. The third-order valence-electron chi connectivity index (χ3n) is 9.57. The first-order valence-corrected chi connectivity index (χ1v) is 21.9. The Morgan fingerprint density at radius 3 is 1.27 bits per heavy atom. The molecule has 356 valence electrons. The van der Waals surface area contributed by atoms with Gasteiger partial charge in [-0.25, -0.2) is 25.0 Å². The van der Waals surface area contributed by atoms with E-state index >= 15 is 0 Å². The van der Waals surface area contributed by atoms with Crippen molar-refractivity contribution in [1.82, 2.24) is 41.5 Å². The van der Waals surface area contributed by atoms with Crippen LogP contribution < -0.4 is 21.3 Å². The topological polar surface area (TPSA) is 288 Å². The van der Waals surface area contributed by atoms with Crippen LogP contribution in [0, 0.1) is 0 Å². The smallest absolute Gasteiger partial charge is 0.404 e. The molecule has 0 fully saturated rings. The van der Waals surface area contributed by atoms with Crippen LogP contribution in [0.5, 0.6) is 0 Å². The summed E-state index contributed by atoms with van der Waals surface area (Å²) in [6.45, 7) is 3.48. The lowest BCUT2D eigenvalue weighted by molar-refractivity contribution is -0.192. The van der Waals surface area contributed by atoms with Crippen molar-refractivity contribution >= 4 is 47.4 Å². The Bertz CT molecular complexity index is 1520. The largest absolute Gasteiger partial charge is 0.465 e. The fourth-order valence-electron chi connectivity index (χ4n) is 5.83. The van der Waals surface area contributed by atoms with Gasteiger partial charge in [0.1, 0.15) is 6.61 Å². The van der Waals surface area contributed by atoms with Gasteiger partial charge >= 0.3 is 6.09 Å². The number of carbonyl (C=O) groups is 8. The van der Waals surface area contributed by atoms with Crippen molar-refractivity contribution in [3.8, 4) is 0 Å². The van der Waals surface area contributed by atoms with Crippen LogP contribution >= 0.6 is 0 Å². The monoisotopic (exact) mass is 895 g/mol. The van der Waals surface area contributed by atoms with E-state index in [-0.39, 0.29) is 88.4 Å². The number of carboxylic acid groups (broad SMARTS) is 1. The number of amides is 8. The first-order valence-electron chi connectivity index (χ1n) is 21.9. The number of hydrogen-bond donors (Lipinski definition) is 8. The normalized spacial score (nSPS) is 10.7. The minimum absolute atomic E-state index is 0.0315. The molecule has 8 amide bonds. The van der Waals surface area contributed by atoms with Crippen LogP contribution in [0.4, 0.5) is 4.79 Å². The molecule has 0 heterocycles. The summed E-state index contributed by atoms with van der Waals surface area (Å²) in [4.78, 5) is 101. The molecular formula is C42H70N8O13. The highest BCUT2D eigenvalue weighted by Gasteiger charge is 2.18. The van der Waals surface area contributed by atoms with E-state index in [1.165, 1.54) is 12.0 Å². The van der Waals surface area contributed by atoms with E-state index in [0.29, 0.717) is 125 Å². The second-order valence-corrected chi connectivity index (χ2v) is 15.0. The molecule has 0 saturated carbocycles. The maximum Gasteiger partial charge on any atom is 0.404 e. The van der Waals surface area contributed by atoms with Crippen LogP contribution in [0.15, 0.2) is 30.3 Å². The van der Waals surface area contributed by atoms with Crippen molar-refractivity contribution in [2.45, 2.75) is 129 Å². The number of hydroxylamine groups is 8. The number of nitrogens with one attached hydrogen (secondary N) is 4. The lowest BCUT2D eigenvalue weighted by Gasteiger charge is -2.22. The zero-order chi connectivity index (χ0) is 46.7. The van der Waals surface area contributed by atoms with Crippen molar-refractivity contribution < 1.29 is 63.9 Å². The maximum absolute atomic E-state index is 12.9. The van der Waals surface area contributed by atoms with Crippen LogP contribution in [0.2, 0.25) is 0 Å². The van der Waals surface area contributed by atoms with Crippen molar-refractivity contribution in [1.29, 1.82) is 0 Å². The maximum atomic E-state index is 12.9. The van der Waals surface area contributed by atoms with Crippen LogP contribution in [0.1, 0.15) is 128 Å². The molecule has 0 atom stereocenters. The van der Waals surface area contributed by atoms with Crippen LogP contribution in [0.25, 0.3) is 0 Å². The van der Waals surface area contributed by atoms with Crippen LogP contribution in [-0.2, 0) is 45.0 Å². The molecule has 0 bridgehead atoms. The molecule has 0 saturated heterocycles. The summed E-state index contributed by atoms with van der Waals surface area (Å²) < 4.78 is 0. The quantitative estimate of drug-likeness (QED) is 0.0273. The number of rotatable bonds is 36. The molecular weight excluding hydrogens is 825 g/mol. The molecule has 0 spiro atoms. The molecule has 21 heteroatoms. The molecule has 0 radical (unpaired) electrons. The van der Waals surface area contributed by atoms with E-state index in [2.05, 4.69) is 21.3 Å². The van der Waals surface area contributed by atoms with Gasteiger partial charge in [-0.2, -0.15) is 0 Å². The summed E-state index contributed by atoms with van der Waals surface area (Å²) in [6, 6.07) is 9.34. The molecule has 0 aliphatic heterocycles. The van der Waals surface area contributed by atoms with Gasteiger partial charge in [0.25, 0.3) is 0 Å². The van der Waals surface area contributed by atoms with Gasteiger partial charge in [0.05, 0.1) is 0 Å². The summed E-state index contributed by atoms with van der Waals surface area (Å²) in [5, 5.41) is 51.6. The SMILES string of the molecule is CC(=O)N(O)CCCCCNC(=O)CCC(=O)N(O)CCCCCNC(=O)CCC(=O)N(O)CCCCCNC(=O)CCC(=O)N(CCCCCNC(=O)O)OCc1ccccc1. The molecule has 0 aliphatic carbocycles. The number of nitrogens with zero attached hydrogens (tertiary/aromatic N) is 4. The summed E-state index contributed by atoms with van der Waals surface area (Å²) in [5.41, 5.74) is 0.881. The van der Waals surface area contributed by atoms with Gasteiger partial charge in [-0.05, 0) is 82.6 Å². The third-order valence-corrected chi connectivity index (χ3v) is 9.57. The summed E-state index contributed by atoms with van der Waals surface area (Å²) in [7, 11) is 0. The molecule has 1 rings (SSSR count). The minimum atomic E-state index is -1.09. The van der Waals surface area contributed by atoms with Crippen LogP contribution in [0.3, 0.4) is 0 Å². The lowest BCUT2D eigenvalue weighted by atomic mass is 10.2. The zero-order valence-electron chi connectivity index (χ0n) is 36.7. The molecule has 0 unspecified atom stereocenters. The average Bonchev–Trinajstić information content (AvgIpc) is 3.26. The summed E-state index contributed by atoms with van der Waals surface area (Å²) in [5.74, 6) is -2.92. The molecule has 1 aromatic rings. The predicted molar refractivity (Wildman–Crippen MR) is 227 cm³/mol. The third kappa shape index (κ3) is 30.3. The van der Waals surface area contributed by atoms with E-state index < -0.39 is 23.8 Å². The van der Waals surface area contributed by atoms with Crippen molar-refractivity contribution in [3.05, 3.63) is 35.9 Å².